The monoisotopic (exact) mass is 390 g/mol. The van der Waals surface area contributed by atoms with Crippen LogP contribution in [0.3, 0.4) is 0 Å². The van der Waals surface area contributed by atoms with Gasteiger partial charge in [0.15, 0.2) is 6.29 Å². The van der Waals surface area contributed by atoms with Crippen LogP contribution in [0.5, 0.6) is 0 Å². The molecule has 0 amide bonds. The van der Waals surface area contributed by atoms with E-state index in [-0.39, 0.29) is 12.1 Å². The summed E-state index contributed by atoms with van der Waals surface area (Å²) in [5, 5.41) is 0. The number of carbonyl (C=O) groups excluding carboxylic acids is 1. The molecule has 0 fully saturated rings. The van der Waals surface area contributed by atoms with E-state index in [9.17, 15) is 4.79 Å². The molecule has 0 aromatic carbocycles. The van der Waals surface area contributed by atoms with Crippen molar-refractivity contribution in [3.63, 3.8) is 0 Å². The Morgan fingerprint density at radius 1 is 0.750 bits per heavy atom. The van der Waals surface area contributed by atoms with Crippen LogP contribution in [0, 0.1) is 0 Å². The van der Waals surface area contributed by atoms with Gasteiger partial charge in [-0.2, -0.15) is 0 Å². The van der Waals surface area contributed by atoms with Crippen LogP contribution in [0.2, 0.25) is 0 Å². The number of rotatable bonds is 17. The zero-order chi connectivity index (χ0) is 20.9. The fourth-order valence-corrected chi connectivity index (χ4v) is 2.58. The molecule has 0 aliphatic heterocycles. The van der Waals surface area contributed by atoms with Crippen LogP contribution in [0.15, 0.2) is 48.6 Å². The summed E-state index contributed by atoms with van der Waals surface area (Å²) < 4.78 is 10.6. The summed E-state index contributed by atoms with van der Waals surface area (Å²) in [6.07, 6.45) is 27.5. The van der Waals surface area contributed by atoms with E-state index in [4.69, 9.17) is 9.47 Å². The first-order valence-corrected chi connectivity index (χ1v) is 11.0. The number of carbonyl (C=O) groups is 1. The first-order chi connectivity index (χ1) is 13.6. The van der Waals surface area contributed by atoms with Gasteiger partial charge in [-0.25, -0.2) is 0 Å². The van der Waals surface area contributed by atoms with Crippen molar-refractivity contribution in [2.45, 2.75) is 104 Å². The van der Waals surface area contributed by atoms with Gasteiger partial charge in [-0.3, -0.25) is 4.79 Å². The van der Waals surface area contributed by atoms with E-state index in [1.54, 1.807) is 6.92 Å². The van der Waals surface area contributed by atoms with E-state index in [1.165, 1.54) is 25.7 Å². The quantitative estimate of drug-likeness (QED) is 0.112. The molecule has 3 nitrogen and oxygen atoms in total. The fourth-order valence-electron chi connectivity index (χ4n) is 2.58. The molecule has 0 radical (unpaired) electrons. The zero-order valence-corrected chi connectivity index (χ0v) is 18.6. The number of hydrogen-bond acceptors (Lipinski definition) is 3. The smallest absolute Gasteiger partial charge is 0.308 e. The molecular formula is C25H42O3. The second-order valence-electron chi connectivity index (χ2n) is 7.22. The van der Waals surface area contributed by atoms with Gasteiger partial charge in [-0.15, -0.1) is 0 Å². The van der Waals surface area contributed by atoms with E-state index in [2.05, 4.69) is 55.5 Å². The lowest BCUT2D eigenvalue weighted by atomic mass is 10.2. The second kappa shape index (κ2) is 20.1. The van der Waals surface area contributed by atoms with Crippen molar-refractivity contribution >= 4 is 5.97 Å². The molecule has 0 aromatic rings. The first kappa shape index (κ1) is 26.4. The van der Waals surface area contributed by atoms with Crippen LogP contribution in [0.4, 0.5) is 0 Å². The molecule has 0 N–H and O–H groups in total. The predicted octanol–water partition coefficient (Wildman–Crippen LogP) is 7.45. The van der Waals surface area contributed by atoms with Gasteiger partial charge < -0.3 is 9.47 Å². The topological polar surface area (TPSA) is 35.5 Å². The van der Waals surface area contributed by atoms with E-state index in [0.29, 0.717) is 6.42 Å². The molecule has 1 atom stereocenters. The lowest BCUT2D eigenvalue weighted by Crippen LogP contribution is -2.21. The van der Waals surface area contributed by atoms with Gasteiger partial charge in [-0.1, -0.05) is 68.4 Å². The highest BCUT2D eigenvalue weighted by Crippen LogP contribution is 2.05. The predicted molar refractivity (Wildman–Crippen MR) is 120 cm³/mol. The van der Waals surface area contributed by atoms with Crippen LogP contribution in [0.25, 0.3) is 0 Å². The summed E-state index contributed by atoms with van der Waals surface area (Å²) in [7, 11) is 0. The maximum absolute atomic E-state index is 11.6. The van der Waals surface area contributed by atoms with Crippen molar-refractivity contribution in [2.24, 2.45) is 0 Å². The van der Waals surface area contributed by atoms with E-state index in [0.717, 1.165) is 32.1 Å². The summed E-state index contributed by atoms with van der Waals surface area (Å²) in [5.74, 6) is -0.191. The zero-order valence-electron chi connectivity index (χ0n) is 18.6. The van der Waals surface area contributed by atoms with Crippen LogP contribution < -0.4 is 0 Å². The Balaban J connectivity index is 3.56. The van der Waals surface area contributed by atoms with Crippen LogP contribution >= 0.6 is 0 Å². The molecule has 0 aliphatic carbocycles. The Hall–Kier alpha value is -1.61. The van der Waals surface area contributed by atoms with Gasteiger partial charge in [0.25, 0.3) is 0 Å². The van der Waals surface area contributed by atoms with E-state index >= 15 is 0 Å². The highest BCUT2D eigenvalue weighted by atomic mass is 16.7. The Labute approximate surface area is 173 Å². The average molecular weight is 391 g/mol. The maximum Gasteiger partial charge on any atom is 0.308 e. The molecule has 0 aromatic heterocycles. The minimum absolute atomic E-state index is 0.0615. The summed E-state index contributed by atoms with van der Waals surface area (Å²) in [6.45, 7) is 7.84. The fraction of sp³-hybridized carbons (Fsp3) is 0.640. The molecule has 0 bridgehead atoms. The number of unbranched alkanes of at least 4 members (excludes halogenated alkanes) is 4. The average Bonchev–Trinajstić information content (AvgIpc) is 2.63. The van der Waals surface area contributed by atoms with Crippen molar-refractivity contribution in [1.82, 2.24) is 0 Å². The third-order valence-corrected chi connectivity index (χ3v) is 3.97. The van der Waals surface area contributed by atoms with E-state index in [1.807, 2.05) is 13.8 Å². The highest BCUT2D eigenvalue weighted by molar-refractivity contribution is 5.69. The summed E-state index contributed by atoms with van der Waals surface area (Å²) >= 11 is 0. The third-order valence-electron chi connectivity index (χ3n) is 3.97. The van der Waals surface area contributed by atoms with Gasteiger partial charge in [0, 0.05) is 6.42 Å². The normalized spacial score (nSPS) is 13.6. The first-order valence-electron chi connectivity index (χ1n) is 11.0. The molecule has 28 heavy (non-hydrogen) atoms. The largest absolute Gasteiger partial charge is 0.436 e. The Morgan fingerprint density at radius 3 is 1.75 bits per heavy atom. The molecule has 0 aliphatic rings. The number of allylic oxidation sites excluding steroid dienone is 8. The number of esters is 1. The minimum atomic E-state index is -0.468. The molecule has 0 spiro atoms. The number of ether oxygens (including phenoxy) is 2. The molecule has 0 rings (SSSR count). The standard InChI is InChI=1S/C25H42O3/c1-5-6-7-8-9-10-11-12-13-14-15-16-17-18-19-20-21-22-25(26)28-24(4)27-23(2)3/h9-10,12-13,15-16,18-19,23-24H,5-8,11,14,17,20-22H2,1-4H3. The molecule has 0 heterocycles. The third kappa shape index (κ3) is 20.7. The highest BCUT2D eigenvalue weighted by Gasteiger charge is 2.10. The van der Waals surface area contributed by atoms with Crippen LogP contribution in [-0.4, -0.2) is 18.4 Å². The van der Waals surface area contributed by atoms with Crippen LogP contribution in [0.1, 0.15) is 91.9 Å². The Bertz CT molecular complexity index is 472. The lowest BCUT2D eigenvalue weighted by molar-refractivity contribution is -0.181. The summed E-state index contributed by atoms with van der Waals surface area (Å²) in [4.78, 5) is 11.6. The Kier molecular flexibility index (Phi) is 19.0. The van der Waals surface area contributed by atoms with Crippen molar-refractivity contribution in [2.75, 3.05) is 0 Å². The van der Waals surface area contributed by atoms with Crippen molar-refractivity contribution in [1.29, 1.82) is 0 Å². The molecule has 0 saturated carbocycles. The maximum atomic E-state index is 11.6. The SMILES string of the molecule is CCCCCC=CCC=CCC=CCC=CCCCC(=O)OC(C)OC(C)C. The molecule has 3 heteroatoms. The molecule has 1 unspecified atom stereocenters. The van der Waals surface area contributed by atoms with Gasteiger partial charge >= 0.3 is 5.97 Å². The van der Waals surface area contributed by atoms with E-state index < -0.39 is 6.29 Å². The van der Waals surface area contributed by atoms with Crippen molar-refractivity contribution in [3.05, 3.63) is 48.6 Å². The molecule has 0 saturated heterocycles. The molecule has 160 valence electrons. The van der Waals surface area contributed by atoms with Gasteiger partial charge in [-0.05, 0) is 65.7 Å². The number of hydrogen-bond donors (Lipinski definition) is 0. The second-order valence-corrected chi connectivity index (χ2v) is 7.22. The van der Waals surface area contributed by atoms with Gasteiger partial charge in [0.05, 0.1) is 6.10 Å². The van der Waals surface area contributed by atoms with Crippen molar-refractivity contribution in [3.8, 4) is 0 Å². The van der Waals surface area contributed by atoms with Gasteiger partial charge in [0.1, 0.15) is 0 Å². The van der Waals surface area contributed by atoms with Crippen LogP contribution in [-0.2, 0) is 14.3 Å². The minimum Gasteiger partial charge on any atom is -0.436 e. The summed E-state index contributed by atoms with van der Waals surface area (Å²) in [6, 6.07) is 0. The summed E-state index contributed by atoms with van der Waals surface area (Å²) in [5.41, 5.74) is 0. The Morgan fingerprint density at radius 2 is 1.25 bits per heavy atom. The van der Waals surface area contributed by atoms with Gasteiger partial charge in [0.2, 0.25) is 0 Å². The molecular weight excluding hydrogens is 348 g/mol. The van der Waals surface area contributed by atoms with Crippen molar-refractivity contribution < 1.29 is 14.3 Å². The lowest BCUT2D eigenvalue weighted by Gasteiger charge is -2.16.